The number of nitrogens with two attached hydrogens (primary N) is 1. The number of imidazole rings is 1. The Labute approximate surface area is 318 Å². The van der Waals surface area contributed by atoms with Crippen molar-refractivity contribution in [1.82, 2.24) is 24.8 Å². The number of aliphatic hydroxyl groups is 4. The van der Waals surface area contributed by atoms with E-state index in [4.69, 9.17) is 15.2 Å². The molecular weight excluding hydrogens is 692 g/mol. The van der Waals surface area contributed by atoms with Crippen LogP contribution in [0.1, 0.15) is 117 Å². The van der Waals surface area contributed by atoms with Crippen LogP contribution in [0.15, 0.2) is 12.7 Å². The number of fused-ring (bicyclic) bond motifs is 6. The van der Waals surface area contributed by atoms with Crippen molar-refractivity contribution in [2.24, 2.45) is 46.3 Å². The number of anilines is 1. The molecule has 4 aliphatic carbocycles. The third-order valence-corrected chi connectivity index (χ3v) is 15.0. The van der Waals surface area contributed by atoms with Crippen molar-refractivity contribution in [2.75, 3.05) is 18.9 Å². The highest BCUT2D eigenvalue weighted by molar-refractivity contribution is 5.81. The minimum Gasteiger partial charge on any atom is -0.463 e. The minimum atomic E-state index is -0.825. The molecular formula is C40H62N6O8. The number of rotatable bonds is 13. The van der Waals surface area contributed by atoms with Crippen LogP contribution in [0.4, 0.5) is 5.82 Å². The molecule has 5 aliphatic rings. The highest BCUT2D eigenvalue weighted by Gasteiger charge is 2.65. The van der Waals surface area contributed by atoms with Crippen LogP contribution in [-0.4, -0.2) is 95.5 Å². The largest absolute Gasteiger partial charge is 0.463 e. The maximum Gasteiger partial charge on any atom is 0.305 e. The van der Waals surface area contributed by atoms with E-state index in [9.17, 15) is 30.0 Å². The lowest BCUT2D eigenvalue weighted by molar-refractivity contribution is -0.207. The zero-order valence-corrected chi connectivity index (χ0v) is 32.2. The van der Waals surface area contributed by atoms with Crippen molar-refractivity contribution in [1.29, 1.82) is 0 Å². The zero-order valence-electron chi connectivity index (χ0n) is 32.2. The summed E-state index contributed by atoms with van der Waals surface area (Å²) in [6.07, 6.45) is 9.73. The Hall–Kier alpha value is -2.91. The second-order valence-corrected chi connectivity index (χ2v) is 17.9. The number of nitrogen functional groups attached to an aromatic ring is 1. The van der Waals surface area contributed by atoms with Gasteiger partial charge in [0.2, 0.25) is 5.91 Å². The smallest absolute Gasteiger partial charge is 0.305 e. The number of ether oxygens (including phenoxy) is 2. The quantitative estimate of drug-likeness (QED) is 0.128. The van der Waals surface area contributed by atoms with Crippen molar-refractivity contribution < 1.29 is 39.5 Å². The third kappa shape index (κ3) is 7.37. The maximum atomic E-state index is 12.8. The van der Waals surface area contributed by atoms with E-state index in [1.165, 1.54) is 12.7 Å². The number of nitrogens with zero attached hydrogens (tertiary/aromatic N) is 4. The molecule has 2 aromatic rings. The van der Waals surface area contributed by atoms with Crippen molar-refractivity contribution in [3.63, 3.8) is 0 Å². The Kier molecular flexibility index (Phi) is 11.6. The fourth-order valence-electron chi connectivity index (χ4n) is 12.0. The second-order valence-electron chi connectivity index (χ2n) is 17.9. The predicted molar refractivity (Wildman–Crippen MR) is 199 cm³/mol. The average molecular weight is 755 g/mol. The van der Waals surface area contributed by atoms with Crippen molar-refractivity contribution >= 4 is 28.9 Å². The molecule has 7 rings (SSSR count). The van der Waals surface area contributed by atoms with Gasteiger partial charge in [0.15, 0.2) is 17.7 Å². The van der Waals surface area contributed by atoms with Gasteiger partial charge in [-0.05, 0) is 111 Å². The van der Waals surface area contributed by atoms with Crippen molar-refractivity contribution in [2.45, 2.75) is 147 Å². The summed E-state index contributed by atoms with van der Waals surface area (Å²) in [6.45, 7) is 7.44. The molecule has 14 atom stereocenters. The first-order valence-electron chi connectivity index (χ1n) is 20.5. The van der Waals surface area contributed by atoms with Crippen molar-refractivity contribution in [3.05, 3.63) is 12.7 Å². The van der Waals surface area contributed by atoms with Crippen LogP contribution in [0.2, 0.25) is 0 Å². The van der Waals surface area contributed by atoms with E-state index in [0.717, 1.165) is 64.2 Å². The monoisotopic (exact) mass is 754 g/mol. The third-order valence-electron chi connectivity index (χ3n) is 15.0. The molecule has 54 heavy (non-hydrogen) atoms. The number of amides is 1. The fraction of sp³-hybridized carbons (Fsp3) is 0.825. The van der Waals surface area contributed by atoms with E-state index in [1.807, 2.05) is 0 Å². The SMILES string of the molecule is C[C@H](CCC(=O)NCCCCCC(=O)OC[C@@H]1C[C@@H](O)[C@H](n2cnc3c(N)ncnc32)O1)[C@H]1CCC2C3C(C[C@H](O)[C@@]21C)[C@@]1(C)CC[C@@H](O)C[C@H]1C[C@H]3O. The van der Waals surface area contributed by atoms with Gasteiger partial charge in [0.1, 0.15) is 24.6 Å². The molecule has 5 fully saturated rings. The Bertz CT molecular complexity index is 1640. The summed E-state index contributed by atoms with van der Waals surface area (Å²) in [5.74, 6) is 1.57. The van der Waals surface area contributed by atoms with Gasteiger partial charge in [0.25, 0.3) is 0 Å². The highest BCUT2D eigenvalue weighted by atomic mass is 16.6. The predicted octanol–water partition coefficient (Wildman–Crippen LogP) is 3.65. The fourth-order valence-corrected chi connectivity index (χ4v) is 12.0. The lowest BCUT2D eigenvalue weighted by Crippen LogP contribution is -2.62. The molecule has 0 bridgehead atoms. The normalized spacial score (nSPS) is 39.4. The summed E-state index contributed by atoms with van der Waals surface area (Å²) in [4.78, 5) is 37.6. The van der Waals surface area contributed by atoms with E-state index < -0.39 is 24.5 Å². The standard InChI is InChI=1S/C40H62N6O8/c1-22(26-9-10-27-34-28(18-31(50)40(26,27)3)39(2)13-12-24(47)15-23(39)16-29(34)48)8-11-32(51)42-14-6-4-5-7-33(52)53-19-25-17-30(49)38(54-25)46-21-45-35-36(41)43-20-44-37(35)46/h20-31,34,38,47-50H,4-19H2,1-3H3,(H,42,51)(H2,41,43,44)/t22-,23+,24-,25+,26-,27?,28?,29-,30-,31+,34?,38-,39+,40-/m1/s1. The minimum absolute atomic E-state index is 0.0306. The molecule has 1 saturated heterocycles. The van der Waals surface area contributed by atoms with Crippen LogP contribution in [0.25, 0.3) is 11.2 Å². The van der Waals surface area contributed by atoms with Crippen molar-refractivity contribution in [3.8, 4) is 0 Å². The zero-order chi connectivity index (χ0) is 38.4. The molecule has 0 spiro atoms. The molecule has 3 heterocycles. The molecule has 3 unspecified atom stereocenters. The first-order valence-corrected chi connectivity index (χ1v) is 20.5. The Morgan fingerprint density at radius 2 is 1.81 bits per heavy atom. The summed E-state index contributed by atoms with van der Waals surface area (Å²) >= 11 is 0. The van der Waals surface area contributed by atoms with Gasteiger partial charge in [-0.25, -0.2) is 15.0 Å². The first-order chi connectivity index (χ1) is 25.8. The molecule has 1 aliphatic heterocycles. The van der Waals surface area contributed by atoms with Gasteiger partial charge >= 0.3 is 5.97 Å². The van der Waals surface area contributed by atoms with Crippen LogP contribution in [0.5, 0.6) is 0 Å². The number of aliphatic hydroxyl groups excluding tert-OH is 4. The average Bonchev–Trinajstić information content (AvgIpc) is 3.84. The molecule has 4 saturated carbocycles. The Balaban J connectivity index is 0.785. The van der Waals surface area contributed by atoms with E-state index in [2.05, 4.69) is 41.0 Å². The van der Waals surface area contributed by atoms with E-state index >= 15 is 0 Å². The van der Waals surface area contributed by atoms with Crippen LogP contribution in [0.3, 0.4) is 0 Å². The summed E-state index contributed by atoms with van der Waals surface area (Å²) < 4.78 is 13.0. The summed E-state index contributed by atoms with van der Waals surface area (Å²) in [5, 5.41) is 47.4. The number of aromatic nitrogens is 4. The van der Waals surface area contributed by atoms with E-state index in [1.54, 1.807) is 4.57 Å². The van der Waals surface area contributed by atoms with Gasteiger partial charge in [-0.1, -0.05) is 27.2 Å². The van der Waals surface area contributed by atoms with Gasteiger partial charge in [-0.3, -0.25) is 14.2 Å². The topological polar surface area (TPSA) is 215 Å². The van der Waals surface area contributed by atoms with Crippen LogP contribution < -0.4 is 11.1 Å². The van der Waals surface area contributed by atoms with Crippen LogP contribution >= 0.6 is 0 Å². The second kappa shape index (κ2) is 15.9. The van der Waals surface area contributed by atoms with E-state index in [-0.39, 0.29) is 77.4 Å². The van der Waals surface area contributed by atoms with Gasteiger partial charge in [-0.2, -0.15) is 0 Å². The number of carbonyl (C=O) groups is 2. The number of esters is 1. The molecule has 2 aromatic heterocycles. The molecule has 0 radical (unpaired) electrons. The highest BCUT2D eigenvalue weighted by Crippen LogP contribution is 2.68. The van der Waals surface area contributed by atoms with Crippen LogP contribution in [0, 0.1) is 46.3 Å². The van der Waals surface area contributed by atoms with Gasteiger partial charge in [-0.15, -0.1) is 0 Å². The van der Waals surface area contributed by atoms with Crippen LogP contribution in [-0.2, 0) is 19.1 Å². The molecule has 300 valence electrons. The number of hydrogen-bond donors (Lipinski definition) is 6. The summed E-state index contributed by atoms with van der Waals surface area (Å²) in [5.41, 5.74) is 6.54. The lowest BCUT2D eigenvalue weighted by Gasteiger charge is -2.63. The Morgan fingerprint density at radius 1 is 1.00 bits per heavy atom. The number of unbranched alkanes of at least 4 members (excludes halogenated alkanes) is 2. The molecule has 7 N–H and O–H groups in total. The van der Waals surface area contributed by atoms with Gasteiger partial charge < -0.3 is 41.0 Å². The number of nitrogens with one attached hydrogen (secondary N) is 1. The van der Waals surface area contributed by atoms with Gasteiger partial charge in [0, 0.05) is 25.8 Å². The lowest BCUT2D eigenvalue weighted by atomic mass is 9.43. The van der Waals surface area contributed by atoms with E-state index in [0.29, 0.717) is 48.8 Å². The summed E-state index contributed by atoms with van der Waals surface area (Å²) in [6, 6.07) is 0. The number of hydrogen-bond acceptors (Lipinski definition) is 12. The number of carbonyl (C=O) groups excluding carboxylic acids is 2. The Morgan fingerprint density at radius 3 is 2.63 bits per heavy atom. The molecule has 14 heteroatoms. The maximum absolute atomic E-state index is 12.8. The first kappa shape index (κ1) is 39.3. The van der Waals surface area contributed by atoms with Gasteiger partial charge in [0.05, 0.1) is 30.7 Å². The molecule has 0 aromatic carbocycles. The molecule has 1 amide bonds. The summed E-state index contributed by atoms with van der Waals surface area (Å²) in [7, 11) is 0. The molecule has 14 nitrogen and oxygen atoms in total.